The summed E-state index contributed by atoms with van der Waals surface area (Å²) in [5.41, 5.74) is 0. The van der Waals surface area contributed by atoms with Crippen LogP contribution in [0.15, 0.2) is 0 Å². The van der Waals surface area contributed by atoms with Crippen LogP contribution >= 0.6 is 12.2 Å². The maximum Gasteiger partial charge on any atom is 0.244 e. The quantitative estimate of drug-likeness (QED) is 0.754. The predicted molar refractivity (Wildman–Crippen MR) is 106 cm³/mol. The summed E-state index contributed by atoms with van der Waals surface area (Å²) < 4.78 is 2.47. The number of rotatable bonds is 5. The minimum atomic E-state index is -0.484. The van der Waals surface area contributed by atoms with E-state index >= 15 is 0 Å². The van der Waals surface area contributed by atoms with E-state index in [1.54, 1.807) is 6.92 Å². The molecule has 1 aliphatic heterocycles. The molecule has 2 amide bonds. The fraction of sp³-hybridized carbons (Fsp3) is 0.789. The Labute approximate surface area is 165 Å². The van der Waals surface area contributed by atoms with Crippen LogP contribution in [0.5, 0.6) is 0 Å². The zero-order valence-corrected chi connectivity index (χ0v) is 17.2. The predicted octanol–water partition coefficient (Wildman–Crippen LogP) is 2.66. The highest BCUT2D eigenvalue weighted by Crippen LogP contribution is 2.27. The Morgan fingerprint density at radius 2 is 2.00 bits per heavy atom. The van der Waals surface area contributed by atoms with E-state index in [-0.39, 0.29) is 17.7 Å². The molecule has 1 aromatic rings. The van der Waals surface area contributed by atoms with Gasteiger partial charge in [-0.15, -0.1) is 0 Å². The third kappa shape index (κ3) is 4.97. The highest BCUT2D eigenvalue weighted by atomic mass is 32.1. The maximum absolute atomic E-state index is 12.8. The Balaban J connectivity index is 1.53. The first-order chi connectivity index (χ1) is 13.0. The lowest BCUT2D eigenvalue weighted by Gasteiger charge is -2.34. The summed E-state index contributed by atoms with van der Waals surface area (Å²) in [6, 6.07) is -0.484. The van der Waals surface area contributed by atoms with Gasteiger partial charge in [-0.25, -0.2) is 0 Å². The number of piperidine rings is 1. The Morgan fingerprint density at radius 3 is 2.67 bits per heavy atom. The molecule has 7 nitrogen and oxygen atoms in total. The summed E-state index contributed by atoms with van der Waals surface area (Å²) in [6.45, 7) is 3.14. The van der Waals surface area contributed by atoms with E-state index in [1.165, 1.54) is 19.3 Å². The van der Waals surface area contributed by atoms with Gasteiger partial charge in [-0.2, -0.15) is 5.10 Å². The smallest absolute Gasteiger partial charge is 0.244 e. The van der Waals surface area contributed by atoms with Gasteiger partial charge in [0.2, 0.25) is 11.8 Å². The average Bonchev–Trinajstić information content (AvgIpc) is 3.00. The van der Waals surface area contributed by atoms with Crippen LogP contribution < -0.4 is 5.32 Å². The molecule has 150 valence electrons. The molecule has 2 fully saturated rings. The van der Waals surface area contributed by atoms with Crippen molar-refractivity contribution < 1.29 is 9.59 Å². The Bertz CT molecular complexity index is 722. The molecule has 2 unspecified atom stereocenters. The molecule has 3 rings (SSSR count). The highest BCUT2D eigenvalue weighted by Gasteiger charge is 2.30. The zero-order chi connectivity index (χ0) is 19.4. The first-order valence-electron chi connectivity index (χ1n) is 10.1. The van der Waals surface area contributed by atoms with Gasteiger partial charge in [-0.05, 0) is 50.7 Å². The van der Waals surface area contributed by atoms with Crippen LogP contribution in [0.25, 0.3) is 0 Å². The van der Waals surface area contributed by atoms with Gasteiger partial charge in [-0.1, -0.05) is 19.3 Å². The van der Waals surface area contributed by atoms with Crippen molar-refractivity contribution in [2.24, 2.45) is 13.0 Å². The van der Waals surface area contributed by atoms with Crippen LogP contribution in [-0.2, 0) is 16.6 Å². The van der Waals surface area contributed by atoms with Crippen LogP contribution in [0.3, 0.4) is 0 Å². The van der Waals surface area contributed by atoms with E-state index in [2.05, 4.69) is 15.5 Å². The summed E-state index contributed by atoms with van der Waals surface area (Å²) in [5, 5.41) is 10.1. The molecule has 2 atom stereocenters. The second-order valence-electron chi connectivity index (χ2n) is 8.07. The number of carbonyl (C=O) groups excluding carboxylic acids is 2. The summed E-state index contributed by atoms with van der Waals surface area (Å²) in [7, 11) is 1.90. The fourth-order valence-electron chi connectivity index (χ4n) is 4.40. The summed E-state index contributed by atoms with van der Waals surface area (Å²) in [4.78, 5) is 27.0. The van der Waals surface area contributed by atoms with E-state index in [0.717, 1.165) is 38.1 Å². The third-order valence-electron chi connectivity index (χ3n) is 5.96. The van der Waals surface area contributed by atoms with Crippen molar-refractivity contribution in [3.05, 3.63) is 10.6 Å². The first kappa shape index (κ1) is 20.0. The number of hydrogen-bond donors (Lipinski definition) is 2. The normalized spacial score (nSPS) is 22.4. The fourth-order valence-corrected chi connectivity index (χ4v) is 4.54. The largest absolute Gasteiger partial charge is 0.345 e. The van der Waals surface area contributed by atoms with Crippen molar-refractivity contribution in [3.63, 3.8) is 0 Å². The van der Waals surface area contributed by atoms with Gasteiger partial charge in [-0.3, -0.25) is 14.7 Å². The summed E-state index contributed by atoms with van der Waals surface area (Å²) in [5.74, 6) is 1.55. The van der Waals surface area contributed by atoms with Crippen molar-refractivity contribution in [2.45, 2.75) is 70.3 Å². The molecular weight excluding hydrogens is 362 g/mol. The van der Waals surface area contributed by atoms with Crippen molar-refractivity contribution in [3.8, 4) is 0 Å². The zero-order valence-electron chi connectivity index (χ0n) is 16.4. The lowest BCUT2D eigenvalue weighted by Crippen LogP contribution is -2.50. The van der Waals surface area contributed by atoms with Gasteiger partial charge in [0.25, 0.3) is 0 Å². The minimum Gasteiger partial charge on any atom is -0.345 e. The van der Waals surface area contributed by atoms with Crippen LogP contribution in [-0.4, -0.2) is 50.6 Å². The van der Waals surface area contributed by atoms with Gasteiger partial charge in [0.05, 0.1) is 0 Å². The van der Waals surface area contributed by atoms with E-state index in [4.69, 9.17) is 12.2 Å². The molecule has 0 radical (unpaired) electrons. The van der Waals surface area contributed by atoms with E-state index in [1.807, 2.05) is 16.5 Å². The second kappa shape index (κ2) is 8.99. The monoisotopic (exact) mass is 393 g/mol. The summed E-state index contributed by atoms with van der Waals surface area (Å²) in [6.07, 6.45) is 8.45. The molecule has 27 heavy (non-hydrogen) atoms. The number of nitrogens with one attached hydrogen (secondary N) is 2. The van der Waals surface area contributed by atoms with Gasteiger partial charge >= 0.3 is 0 Å². The summed E-state index contributed by atoms with van der Waals surface area (Å²) >= 11 is 5.20. The van der Waals surface area contributed by atoms with Crippen molar-refractivity contribution >= 4 is 24.0 Å². The van der Waals surface area contributed by atoms with Crippen molar-refractivity contribution in [1.82, 2.24) is 25.0 Å². The second-order valence-corrected chi connectivity index (χ2v) is 8.45. The average molecular weight is 394 g/mol. The highest BCUT2D eigenvalue weighted by molar-refractivity contribution is 7.71. The van der Waals surface area contributed by atoms with Crippen LogP contribution in [0.4, 0.5) is 0 Å². The van der Waals surface area contributed by atoms with Crippen LogP contribution in [0.2, 0.25) is 0 Å². The molecule has 2 N–H and O–H groups in total. The molecule has 1 saturated heterocycles. The van der Waals surface area contributed by atoms with Crippen LogP contribution in [0.1, 0.15) is 70.0 Å². The lowest BCUT2D eigenvalue weighted by atomic mass is 9.87. The third-order valence-corrected chi connectivity index (χ3v) is 6.32. The Morgan fingerprint density at radius 1 is 1.26 bits per heavy atom. The van der Waals surface area contributed by atoms with Gasteiger partial charge < -0.3 is 14.8 Å². The van der Waals surface area contributed by atoms with E-state index in [0.29, 0.717) is 23.7 Å². The maximum atomic E-state index is 12.8. The molecule has 2 aliphatic rings. The van der Waals surface area contributed by atoms with E-state index in [9.17, 15) is 9.59 Å². The molecule has 2 heterocycles. The molecule has 0 spiro atoms. The molecular formula is C19H31N5O2S. The Kier molecular flexibility index (Phi) is 6.68. The minimum absolute atomic E-state index is 0.00533. The molecule has 0 bridgehead atoms. The van der Waals surface area contributed by atoms with Gasteiger partial charge in [0.15, 0.2) is 4.77 Å². The standard InChI is InChI=1S/C19H31N5O2S/c1-13(20-16(25)11-14-7-4-3-5-8-14)18(26)24-10-6-9-15(12-24)17-21-22-19(27)23(17)2/h13-15H,3-12H2,1-2H3,(H,20,25)(H,22,27). The van der Waals surface area contributed by atoms with Crippen molar-refractivity contribution in [1.29, 1.82) is 0 Å². The lowest BCUT2D eigenvalue weighted by molar-refractivity contribution is -0.137. The molecule has 8 heteroatoms. The number of aromatic amines is 1. The number of hydrogen-bond acceptors (Lipinski definition) is 4. The molecule has 1 saturated carbocycles. The van der Waals surface area contributed by atoms with Crippen LogP contribution in [0, 0.1) is 10.7 Å². The number of nitrogens with zero attached hydrogens (tertiary/aromatic N) is 3. The first-order valence-corrected chi connectivity index (χ1v) is 10.6. The number of amides is 2. The van der Waals surface area contributed by atoms with Gasteiger partial charge in [0, 0.05) is 32.5 Å². The van der Waals surface area contributed by atoms with E-state index < -0.39 is 6.04 Å². The number of aromatic nitrogens is 3. The molecule has 0 aromatic carbocycles. The molecule has 1 aromatic heterocycles. The van der Waals surface area contributed by atoms with Gasteiger partial charge in [0.1, 0.15) is 11.9 Å². The van der Waals surface area contributed by atoms with Crippen molar-refractivity contribution in [2.75, 3.05) is 13.1 Å². The number of H-pyrrole nitrogens is 1. The SMILES string of the molecule is CC(NC(=O)CC1CCCCC1)C(=O)N1CCCC(c2n[nH]c(=S)n2C)C1. The Hall–Kier alpha value is -1.70. The number of likely N-dealkylation sites (tertiary alicyclic amines) is 1. The molecule has 1 aliphatic carbocycles. The topological polar surface area (TPSA) is 83.0 Å². The number of carbonyl (C=O) groups is 2.